The van der Waals surface area contributed by atoms with E-state index >= 15 is 0 Å². The van der Waals surface area contributed by atoms with Gasteiger partial charge in [-0.25, -0.2) is 9.78 Å². The number of ether oxygens (including phenoxy) is 1. The average molecular weight is 347 g/mol. The van der Waals surface area contributed by atoms with E-state index in [9.17, 15) is 4.79 Å². The minimum atomic E-state index is -0.351. The van der Waals surface area contributed by atoms with Crippen molar-refractivity contribution in [2.45, 2.75) is 13.8 Å². The molecule has 0 aliphatic rings. The molecule has 0 aliphatic heterocycles. The Morgan fingerprint density at radius 1 is 1.15 bits per heavy atom. The van der Waals surface area contributed by atoms with Gasteiger partial charge in [0.15, 0.2) is 0 Å². The first-order valence-electron chi connectivity index (χ1n) is 8.35. The fourth-order valence-electron chi connectivity index (χ4n) is 2.91. The molecule has 0 amide bonds. The molecule has 0 spiro atoms. The zero-order valence-electron chi connectivity index (χ0n) is 14.5. The third-order valence-corrected chi connectivity index (χ3v) is 4.13. The smallest absolute Gasteiger partial charge is 0.339 e. The molecule has 0 saturated heterocycles. The maximum atomic E-state index is 11.9. The highest BCUT2D eigenvalue weighted by Gasteiger charge is 2.19. The van der Waals surface area contributed by atoms with E-state index in [1.165, 1.54) is 0 Å². The van der Waals surface area contributed by atoms with E-state index in [1.54, 1.807) is 25.3 Å². The number of rotatable bonds is 4. The summed E-state index contributed by atoms with van der Waals surface area (Å²) in [5.41, 5.74) is 4.50. The van der Waals surface area contributed by atoms with Crippen molar-refractivity contribution in [2.75, 3.05) is 6.61 Å². The second-order valence-corrected chi connectivity index (χ2v) is 5.86. The van der Waals surface area contributed by atoms with Crippen molar-refractivity contribution in [3.8, 4) is 22.5 Å². The van der Waals surface area contributed by atoms with Crippen molar-refractivity contribution in [2.24, 2.45) is 0 Å². The fourth-order valence-corrected chi connectivity index (χ4v) is 2.91. The van der Waals surface area contributed by atoms with Crippen LogP contribution in [0.5, 0.6) is 0 Å². The summed E-state index contributed by atoms with van der Waals surface area (Å²) in [5.74, 6) is 0.341. The van der Waals surface area contributed by atoms with E-state index in [4.69, 9.17) is 9.26 Å². The lowest BCUT2D eigenvalue weighted by Crippen LogP contribution is -2.05. The van der Waals surface area contributed by atoms with Crippen molar-refractivity contribution in [1.29, 1.82) is 0 Å². The molecule has 1 aromatic carbocycles. The van der Waals surface area contributed by atoms with Crippen LogP contribution in [0.1, 0.15) is 23.0 Å². The standard InChI is InChI=1S/C20H17N3O3/c1-3-25-20(24)15-9-10-17-21-16(12-23(17)11-15)18-13(2)26-22-19(18)14-7-5-4-6-8-14/h4-12H,3H2,1-2H3. The SMILES string of the molecule is CCOC(=O)c1ccc2nc(-c3c(-c4ccccc4)noc3C)cn2c1. The lowest BCUT2D eigenvalue weighted by Gasteiger charge is -2.01. The number of hydrogen-bond donors (Lipinski definition) is 0. The Morgan fingerprint density at radius 3 is 2.73 bits per heavy atom. The molecule has 0 unspecified atom stereocenters. The van der Waals surface area contributed by atoms with Crippen molar-refractivity contribution in [3.05, 3.63) is 66.2 Å². The summed E-state index contributed by atoms with van der Waals surface area (Å²) in [7, 11) is 0. The molecule has 0 fully saturated rings. The van der Waals surface area contributed by atoms with Gasteiger partial charge in [0.05, 0.1) is 23.4 Å². The quantitative estimate of drug-likeness (QED) is 0.519. The molecule has 4 aromatic rings. The summed E-state index contributed by atoms with van der Waals surface area (Å²) in [4.78, 5) is 16.6. The number of hydrogen-bond acceptors (Lipinski definition) is 5. The number of aromatic nitrogens is 3. The third kappa shape index (κ3) is 2.75. The van der Waals surface area contributed by atoms with Crippen molar-refractivity contribution in [1.82, 2.24) is 14.5 Å². The van der Waals surface area contributed by atoms with Crippen molar-refractivity contribution in [3.63, 3.8) is 0 Å². The summed E-state index contributed by atoms with van der Waals surface area (Å²) in [6, 6.07) is 13.3. The number of nitrogens with zero attached hydrogens (tertiary/aromatic N) is 3. The van der Waals surface area contributed by atoms with Crippen LogP contribution < -0.4 is 0 Å². The van der Waals surface area contributed by atoms with Gasteiger partial charge in [0, 0.05) is 18.0 Å². The van der Waals surface area contributed by atoms with Gasteiger partial charge in [-0.15, -0.1) is 0 Å². The van der Waals surface area contributed by atoms with E-state index in [2.05, 4.69) is 10.1 Å². The van der Waals surface area contributed by atoms with E-state index in [1.807, 2.05) is 47.9 Å². The lowest BCUT2D eigenvalue weighted by atomic mass is 10.0. The number of aryl methyl sites for hydroxylation is 1. The number of fused-ring (bicyclic) bond motifs is 1. The van der Waals surface area contributed by atoms with Crippen LogP contribution in [0.25, 0.3) is 28.2 Å². The zero-order valence-corrected chi connectivity index (χ0v) is 14.5. The first kappa shape index (κ1) is 16.1. The largest absolute Gasteiger partial charge is 0.462 e. The summed E-state index contributed by atoms with van der Waals surface area (Å²) in [6.07, 6.45) is 3.58. The van der Waals surface area contributed by atoms with Gasteiger partial charge < -0.3 is 13.7 Å². The Labute approximate surface area is 150 Å². The van der Waals surface area contributed by atoms with Crippen LogP contribution in [0.3, 0.4) is 0 Å². The maximum Gasteiger partial charge on any atom is 0.339 e. The molecule has 0 N–H and O–H groups in total. The topological polar surface area (TPSA) is 69.6 Å². The van der Waals surface area contributed by atoms with Crippen LogP contribution in [-0.4, -0.2) is 27.1 Å². The molecule has 0 aliphatic carbocycles. The molecule has 3 heterocycles. The van der Waals surface area contributed by atoms with Gasteiger partial charge in [0.25, 0.3) is 0 Å². The first-order valence-corrected chi connectivity index (χ1v) is 8.35. The van der Waals surface area contributed by atoms with E-state index in [0.29, 0.717) is 17.9 Å². The molecular weight excluding hydrogens is 330 g/mol. The summed E-state index contributed by atoms with van der Waals surface area (Å²) in [5, 5.41) is 4.20. The summed E-state index contributed by atoms with van der Waals surface area (Å²) >= 11 is 0. The Hall–Kier alpha value is -3.41. The maximum absolute atomic E-state index is 11.9. The molecule has 6 nitrogen and oxygen atoms in total. The molecule has 0 saturated carbocycles. The third-order valence-electron chi connectivity index (χ3n) is 4.13. The number of imidazole rings is 1. The van der Waals surface area contributed by atoms with Crippen LogP contribution in [-0.2, 0) is 4.74 Å². The highest BCUT2D eigenvalue weighted by molar-refractivity contribution is 5.89. The minimum Gasteiger partial charge on any atom is -0.462 e. The highest BCUT2D eigenvalue weighted by Crippen LogP contribution is 2.33. The number of benzene rings is 1. The molecule has 26 heavy (non-hydrogen) atoms. The molecular formula is C20H17N3O3. The molecule has 3 aromatic heterocycles. The molecule has 4 rings (SSSR count). The van der Waals surface area contributed by atoms with Gasteiger partial charge in [-0.1, -0.05) is 35.5 Å². The molecule has 0 bridgehead atoms. The Kier molecular flexibility index (Phi) is 4.01. The lowest BCUT2D eigenvalue weighted by molar-refractivity contribution is 0.0526. The van der Waals surface area contributed by atoms with E-state index in [-0.39, 0.29) is 5.97 Å². The number of esters is 1. The Morgan fingerprint density at radius 2 is 1.96 bits per heavy atom. The van der Waals surface area contributed by atoms with Gasteiger partial charge >= 0.3 is 5.97 Å². The van der Waals surface area contributed by atoms with Crippen LogP contribution in [0.15, 0.2) is 59.4 Å². The van der Waals surface area contributed by atoms with Crippen LogP contribution in [0.4, 0.5) is 0 Å². The monoisotopic (exact) mass is 347 g/mol. The van der Waals surface area contributed by atoms with Gasteiger partial charge in [0.1, 0.15) is 17.1 Å². The van der Waals surface area contributed by atoms with Crippen molar-refractivity contribution >= 4 is 11.6 Å². The number of carbonyl (C=O) groups excluding carboxylic acids is 1. The normalized spacial score (nSPS) is 11.0. The van der Waals surface area contributed by atoms with Gasteiger partial charge in [-0.2, -0.15) is 0 Å². The fraction of sp³-hybridized carbons (Fsp3) is 0.150. The zero-order chi connectivity index (χ0) is 18.1. The van der Waals surface area contributed by atoms with E-state index in [0.717, 1.165) is 28.2 Å². The van der Waals surface area contributed by atoms with Crippen molar-refractivity contribution < 1.29 is 14.1 Å². The van der Waals surface area contributed by atoms with Gasteiger partial charge in [0.2, 0.25) is 0 Å². The van der Waals surface area contributed by atoms with Crippen LogP contribution >= 0.6 is 0 Å². The molecule has 130 valence electrons. The predicted molar refractivity (Wildman–Crippen MR) is 96.8 cm³/mol. The van der Waals surface area contributed by atoms with Gasteiger partial charge in [-0.3, -0.25) is 0 Å². The highest BCUT2D eigenvalue weighted by atomic mass is 16.5. The number of carbonyl (C=O) groups is 1. The molecule has 0 radical (unpaired) electrons. The second kappa shape index (κ2) is 6.48. The van der Waals surface area contributed by atoms with Gasteiger partial charge in [-0.05, 0) is 26.0 Å². The summed E-state index contributed by atoms with van der Waals surface area (Å²) < 4.78 is 12.3. The van der Waals surface area contributed by atoms with Crippen LogP contribution in [0.2, 0.25) is 0 Å². The molecule has 6 heteroatoms. The molecule has 0 atom stereocenters. The summed E-state index contributed by atoms with van der Waals surface area (Å²) in [6.45, 7) is 3.99. The Bertz CT molecular complexity index is 1080. The average Bonchev–Trinajstić information content (AvgIpc) is 3.24. The first-order chi connectivity index (χ1) is 12.7. The van der Waals surface area contributed by atoms with Crippen LogP contribution in [0, 0.1) is 6.92 Å². The predicted octanol–water partition coefficient (Wildman–Crippen LogP) is 4.14. The second-order valence-electron chi connectivity index (χ2n) is 5.86. The van der Waals surface area contributed by atoms with E-state index < -0.39 is 0 Å². The minimum absolute atomic E-state index is 0.340. The number of pyridine rings is 1. The Balaban J connectivity index is 1.81.